The van der Waals surface area contributed by atoms with Crippen LogP contribution in [0.15, 0.2) is 41.5 Å². The molecule has 0 fully saturated rings. The van der Waals surface area contributed by atoms with Crippen LogP contribution in [0.3, 0.4) is 0 Å². The second kappa shape index (κ2) is 8.01. The molecule has 6 heteroatoms. The molecule has 2 aromatic carbocycles. The highest BCUT2D eigenvalue weighted by Crippen LogP contribution is 2.25. The zero-order valence-electron chi connectivity index (χ0n) is 14.0. The fourth-order valence-corrected chi connectivity index (χ4v) is 2.18. The lowest BCUT2D eigenvalue weighted by Crippen LogP contribution is -2.26. The van der Waals surface area contributed by atoms with Gasteiger partial charge in [-0.1, -0.05) is 17.7 Å². The Morgan fingerprint density at radius 3 is 2.75 bits per heavy atom. The highest BCUT2D eigenvalue weighted by Gasteiger charge is 2.03. The molecule has 0 bridgehead atoms. The van der Waals surface area contributed by atoms with Gasteiger partial charge in [-0.2, -0.15) is 5.10 Å². The number of hydrazone groups is 1. The molecule has 0 spiro atoms. The molecule has 3 N–H and O–H groups in total. The van der Waals surface area contributed by atoms with E-state index in [4.69, 9.17) is 4.74 Å². The number of carbonyl (C=O) groups is 1. The summed E-state index contributed by atoms with van der Waals surface area (Å²) in [6.07, 6.45) is 1.48. The molecule has 24 heavy (non-hydrogen) atoms. The summed E-state index contributed by atoms with van der Waals surface area (Å²) in [7, 11) is 1.47. The number of aryl methyl sites for hydroxylation is 2. The minimum atomic E-state index is -0.253. The standard InChI is InChI=1S/C18H21N3O3/c1-12-4-6-15(13(2)8-12)19-11-18(23)21-20-10-14-5-7-16(22)17(9-14)24-3/h4-10,19,22H,11H2,1-3H3,(H,21,23). The number of carbonyl (C=O) groups excluding carboxylic acids is 1. The highest BCUT2D eigenvalue weighted by atomic mass is 16.5. The number of nitrogens with zero attached hydrogens (tertiary/aromatic N) is 1. The maximum atomic E-state index is 11.8. The lowest BCUT2D eigenvalue weighted by Gasteiger charge is -2.09. The molecule has 0 unspecified atom stereocenters. The van der Waals surface area contributed by atoms with Gasteiger partial charge in [0.1, 0.15) is 0 Å². The van der Waals surface area contributed by atoms with Crippen molar-refractivity contribution in [3.63, 3.8) is 0 Å². The normalized spacial score (nSPS) is 10.6. The average molecular weight is 327 g/mol. The summed E-state index contributed by atoms with van der Waals surface area (Å²) in [6, 6.07) is 10.8. The molecule has 0 aliphatic rings. The third-order valence-corrected chi connectivity index (χ3v) is 3.43. The molecule has 0 saturated heterocycles. The number of hydrogen-bond acceptors (Lipinski definition) is 5. The Kier molecular flexibility index (Phi) is 5.78. The van der Waals surface area contributed by atoms with Crippen LogP contribution >= 0.6 is 0 Å². The second-order valence-electron chi connectivity index (χ2n) is 5.40. The zero-order chi connectivity index (χ0) is 17.5. The molecular weight excluding hydrogens is 306 g/mol. The number of anilines is 1. The zero-order valence-corrected chi connectivity index (χ0v) is 14.0. The van der Waals surface area contributed by atoms with Crippen LogP contribution in [-0.4, -0.2) is 30.9 Å². The summed E-state index contributed by atoms with van der Waals surface area (Å²) in [5.74, 6) is 0.148. The van der Waals surface area contributed by atoms with E-state index in [1.807, 2.05) is 26.0 Å². The number of aromatic hydroxyl groups is 1. The fourth-order valence-electron chi connectivity index (χ4n) is 2.18. The van der Waals surface area contributed by atoms with Gasteiger partial charge in [-0.15, -0.1) is 0 Å². The van der Waals surface area contributed by atoms with Crippen molar-refractivity contribution in [1.82, 2.24) is 5.43 Å². The van der Waals surface area contributed by atoms with Crippen LogP contribution in [0.2, 0.25) is 0 Å². The fraction of sp³-hybridized carbons (Fsp3) is 0.222. The van der Waals surface area contributed by atoms with Gasteiger partial charge in [0.2, 0.25) is 0 Å². The molecule has 0 aliphatic heterocycles. The molecule has 2 rings (SSSR count). The van der Waals surface area contributed by atoms with Gasteiger partial charge in [-0.3, -0.25) is 4.79 Å². The quantitative estimate of drug-likeness (QED) is 0.562. The van der Waals surface area contributed by atoms with Gasteiger partial charge in [0, 0.05) is 5.69 Å². The summed E-state index contributed by atoms with van der Waals surface area (Å²) in [5.41, 5.74) is 6.33. The van der Waals surface area contributed by atoms with Crippen LogP contribution in [0.1, 0.15) is 16.7 Å². The van der Waals surface area contributed by atoms with Gasteiger partial charge in [0.15, 0.2) is 11.5 Å². The predicted molar refractivity (Wildman–Crippen MR) is 94.8 cm³/mol. The van der Waals surface area contributed by atoms with Gasteiger partial charge in [-0.05, 0) is 49.2 Å². The lowest BCUT2D eigenvalue weighted by molar-refractivity contribution is -0.119. The summed E-state index contributed by atoms with van der Waals surface area (Å²) < 4.78 is 5.01. The second-order valence-corrected chi connectivity index (χ2v) is 5.40. The van der Waals surface area contributed by atoms with Gasteiger partial charge in [-0.25, -0.2) is 5.43 Å². The van der Waals surface area contributed by atoms with E-state index in [0.717, 1.165) is 11.3 Å². The summed E-state index contributed by atoms with van der Waals surface area (Å²) >= 11 is 0. The Hall–Kier alpha value is -3.02. The Morgan fingerprint density at radius 2 is 2.04 bits per heavy atom. The monoisotopic (exact) mass is 327 g/mol. The molecule has 0 atom stereocenters. The van der Waals surface area contributed by atoms with E-state index >= 15 is 0 Å². The number of ether oxygens (including phenoxy) is 1. The minimum Gasteiger partial charge on any atom is -0.504 e. The number of rotatable bonds is 6. The van der Waals surface area contributed by atoms with Crippen molar-refractivity contribution in [1.29, 1.82) is 0 Å². The Balaban J connectivity index is 1.86. The molecule has 0 saturated carbocycles. The highest BCUT2D eigenvalue weighted by molar-refractivity contribution is 5.85. The first-order valence-electron chi connectivity index (χ1n) is 7.49. The summed E-state index contributed by atoms with van der Waals surface area (Å²) in [6.45, 7) is 4.14. The van der Waals surface area contributed by atoms with E-state index < -0.39 is 0 Å². The molecule has 0 aliphatic carbocycles. The van der Waals surface area contributed by atoms with Crippen LogP contribution in [-0.2, 0) is 4.79 Å². The van der Waals surface area contributed by atoms with Crippen molar-refractivity contribution >= 4 is 17.8 Å². The topological polar surface area (TPSA) is 83.0 Å². The van der Waals surface area contributed by atoms with Crippen LogP contribution in [0, 0.1) is 13.8 Å². The first-order chi connectivity index (χ1) is 11.5. The first kappa shape index (κ1) is 17.3. The van der Waals surface area contributed by atoms with Gasteiger partial charge in [0.25, 0.3) is 5.91 Å². The van der Waals surface area contributed by atoms with E-state index in [0.29, 0.717) is 11.3 Å². The Bertz CT molecular complexity index is 757. The van der Waals surface area contributed by atoms with E-state index in [2.05, 4.69) is 21.9 Å². The smallest absolute Gasteiger partial charge is 0.259 e. The SMILES string of the molecule is COc1cc(C=NNC(=O)CNc2ccc(C)cc2C)ccc1O. The molecular formula is C18H21N3O3. The Labute approximate surface area is 141 Å². The molecule has 0 aromatic heterocycles. The van der Waals surface area contributed by atoms with Gasteiger partial charge in [0.05, 0.1) is 19.9 Å². The summed E-state index contributed by atoms with van der Waals surface area (Å²) in [5, 5.41) is 16.5. The van der Waals surface area contributed by atoms with Crippen molar-refractivity contribution in [3.05, 3.63) is 53.1 Å². The third-order valence-electron chi connectivity index (χ3n) is 3.43. The van der Waals surface area contributed by atoms with Crippen LogP contribution in [0.25, 0.3) is 0 Å². The molecule has 126 valence electrons. The van der Waals surface area contributed by atoms with Crippen LogP contribution < -0.4 is 15.5 Å². The summed E-state index contributed by atoms with van der Waals surface area (Å²) in [4.78, 5) is 11.8. The van der Waals surface area contributed by atoms with E-state index in [1.165, 1.54) is 25.0 Å². The average Bonchev–Trinajstić information content (AvgIpc) is 2.55. The first-order valence-corrected chi connectivity index (χ1v) is 7.49. The number of phenolic OH excluding ortho intramolecular Hbond substituents is 1. The van der Waals surface area contributed by atoms with Crippen molar-refractivity contribution in [2.75, 3.05) is 19.0 Å². The third kappa shape index (κ3) is 4.74. The van der Waals surface area contributed by atoms with E-state index in [1.54, 1.807) is 12.1 Å². The van der Waals surface area contributed by atoms with Crippen LogP contribution in [0.5, 0.6) is 11.5 Å². The maximum absolute atomic E-state index is 11.8. The number of phenols is 1. The van der Waals surface area contributed by atoms with Crippen molar-refractivity contribution in [2.45, 2.75) is 13.8 Å². The predicted octanol–water partition coefficient (Wildman–Crippen LogP) is 2.58. The van der Waals surface area contributed by atoms with Crippen molar-refractivity contribution < 1.29 is 14.6 Å². The van der Waals surface area contributed by atoms with Crippen molar-refractivity contribution in [2.24, 2.45) is 5.10 Å². The van der Waals surface area contributed by atoms with Gasteiger partial charge < -0.3 is 15.2 Å². The number of amides is 1. The number of nitrogens with one attached hydrogen (secondary N) is 2. The van der Waals surface area contributed by atoms with Crippen LogP contribution in [0.4, 0.5) is 5.69 Å². The maximum Gasteiger partial charge on any atom is 0.259 e. The number of hydrogen-bond donors (Lipinski definition) is 3. The van der Waals surface area contributed by atoms with E-state index in [9.17, 15) is 9.90 Å². The molecule has 1 amide bonds. The molecule has 0 heterocycles. The number of methoxy groups -OCH3 is 1. The molecule has 2 aromatic rings. The lowest BCUT2D eigenvalue weighted by atomic mass is 10.1. The molecule has 0 radical (unpaired) electrons. The molecule has 6 nitrogen and oxygen atoms in total. The number of benzene rings is 2. The van der Waals surface area contributed by atoms with Crippen molar-refractivity contribution in [3.8, 4) is 11.5 Å². The van der Waals surface area contributed by atoms with Gasteiger partial charge >= 0.3 is 0 Å². The van der Waals surface area contributed by atoms with E-state index in [-0.39, 0.29) is 18.2 Å². The largest absolute Gasteiger partial charge is 0.504 e. The Morgan fingerprint density at radius 1 is 1.25 bits per heavy atom. The minimum absolute atomic E-state index is 0.0522.